The van der Waals surface area contributed by atoms with Crippen LogP contribution in [0, 0.1) is 6.92 Å². The van der Waals surface area contributed by atoms with Gasteiger partial charge in [-0.25, -0.2) is 4.98 Å². The van der Waals surface area contributed by atoms with Crippen LogP contribution < -0.4 is 5.73 Å². The Balaban J connectivity index is 2.27. The van der Waals surface area contributed by atoms with Crippen LogP contribution >= 0.6 is 11.6 Å². The second-order valence-corrected chi connectivity index (χ2v) is 4.32. The first-order valence-electron chi connectivity index (χ1n) is 5.62. The van der Waals surface area contributed by atoms with Crippen LogP contribution in [-0.4, -0.2) is 11.5 Å². The number of hydrogen-bond acceptors (Lipinski definition) is 3. The normalized spacial score (nSPS) is 10.8. The van der Waals surface area contributed by atoms with Crippen molar-refractivity contribution < 1.29 is 4.42 Å². The Morgan fingerprint density at radius 3 is 3.00 bits per heavy atom. The highest BCUT2D eigenvalue weighted by atomic mass is 35.5. The largest absolute Gasteiger partial charge is 0.441 e. The predicted molar refractivity (Wildman–Crippen MR) is 69.1 cm³/mol. The summed E-state index contributed by atoms with van der Waals surface area (Å²) in [5.74, 6) is 1.42. The maximum atomic E-state index is 6.23. The van der Waals surface area contributed by atoms with Crippen LogP contribution in [0.15, 0.2) is 28.8 Å². The zero-order valence-corrected chi connectivity index (χ0v) is 10.5. The number of nitrogens with zero attached hydrogens (tertiary/aromatic N) is 1. The van der Waals surface area contributed by atoms with Crippen LogP contribution in [0.1, 0.15) is 17.9 Å². The molecule has 0 aliphatic heterocycles. The molecule has 17 heavy (non-hydrogen) atoms. The monoisotopic (exact) mass is 250 g/mol. The molecule has 4 heteroatoms. The molecule has 0 saturated carbocycles. The standard InChI is InChI=1S/C13H15ClN2O/c1-9-4-2-5-10(13(9)14)11-8-16-12(17-11)6-3-7-15/h2,4-5,8H,3,6-7,15H2,1H3. The van der Waals surface area contributed by atoms with Crippen molar-refractivity contribution in [3.05, 3.63) is 40.9 Å². The van der Waals surface area contributed by atoms with Crippen molar-refractivity contribution in [3.8, 4) is 11.3 Å². The molecule has 0 atom stereocenters. The van der Waals surface area contributed by atoms with Crippen LogP contribution in [-0.2, 0) is 6.42 Å². The topological polar surface area (TPSA) is 52.0 Å². The summed E-state index contributed by atoms with van der Waals surface area (Å²) in [7, 11) is 0. The molecule has 90 valence electrons. The van der Waals surface area contributed by atoms with Gasteiger partial charge < -0.3 is 10.2 Å². The predicted octanol–water partition coefficient (Wildman–Crippen LogP) is 3.19. The van der Waals surface area contributed by atoms with Gasteiger partial charge in [-0.3, -0.25) is 0 Å². The Morgan fingerprint density at radius 2 is 2.24 bits per heavy atom. The van der Waals surface area contributed by atoms with Crippen LogP contribution in [0.4, 0.5) is 0 Å². The van der Waals surface area contributed by atoms with Crippen molar-refractivity contribution in [1.29, 1.82) is 0 Å². The minimum atomic E-state index is 0.642. The van der Waals surface area contributed by atoms with Crippen molar-refractivity contribution >= 4 is 11.6 Å². The van der Waals surface area contributed by atoms with E-state index in [0.717, 1.165) is 24.0 Å². The first-order valence-corrected chi connectivity index (χ1v) is 6.00. The lowest BCUT2D eigenvalue weighted by molar-refractivity contribution is 0.499. The van der Waals surface area contributed by atoms with E-state index in [2.05, 4.69) is 4.98 Å². The van der Waals surface area contributed by atoms with Crippen molar-refractivity contribution in [2.75, 3.05) is 6.54 Å². The van der Waals surface area contributed by atoms with Gasteiger partial charge in [-0.1, -0.05) is 23.7 Å². The van der Waals surface area contributed by atoms with E-state index in [4.69, 9.17) is 21.8 Å². The summed E-state index contributed by atoms with van der Waals surface area (Å²) in [4.78, 5) is 4.22. The molecule has 0 fully saturated rings. The van der Waals surface area contributed by atoms with Gasteiger partial charge in [0.15, 0.2) is 11.7 Å². The number of oxazole rings is 1. The quantitative estimate of drug-likeness (QED) is 0.907. The Morgan fingerprint density at radius 1 is 1.41 bits per heavy atom. The van der Waals surface area contributed by atoms with Gasteiger partial charge in [0.25, 0.3) is 0 Å². The van der Waals surface area contributed by atoms with Gasteiger partial charge in [-0.15, -0.1) is 0 Å². The second-order valence-electron chi connectivity index (χ2n) is 3.95. The maximum absolute atomic E-state index is 6.23. The highest BCUT2D eigenvalue weighted by Gasteiger charge is 2.10. The fourth-order valence-corrected chi connectivity index (χ4v) is 1.86. The third-order valence-corrected chi connectivity index (χ3v) is 3.11. The average Bonchev–Trinajstić information content (AvgIpc) is 2.78. The number of benzene rings is 1. The fraction of sp³-hybridized carbons (Fsp3) is 0.308. The molecule has 0 saturated heterocycles. The summed E-state index contributed by atoms with van der Waals surface area (Å²) >= 11 is 6.23. The fourth-order valence-electron chi connectivity index (χ4n) is 1.64. The number of aromatic nitrogens is 1. The summed E-state index contributed by atoms with van der Waals surface area (Å²) in [6.07, 6.45) is 3.36. The lowest BCUT2D eigenvalue weighted by Gasteiger charge is -2.02. The van der Waals surface area contributed by atoms with Crippen LogP contribution in [0.3, 0.4) is 0 Å². The molecule has 0 bridgehead atoms. The van der Waals surface area contributed by atoms with Crippen LogP contribution in [0.25, 0.3) is 11.3 Å². The third kappa shape index (κ3) is 2.68. The van der Waals surface area contributed by atoms with Crippen molar-refractivity contribution in [2.24, 2.45) is 5.73 Å². The molecule has 0 aliphatic carbocycles. The zero-order valence-electron chi connectivity index (χ0n) is 9.74. The van der Waals surface area contributed by atoms with Gasteiger partial charge >= 0.3 is 0 Å². The molecule has 0 spiro atoms. The third-order valence-electron chi connectivity index (χ3n) is 2.61. The van der Waals surface area contributed by atoms with Crippen molar-refractivity contribution in [3.63, 3.8) is 0 Å². The van der Waals surface area contributed by atoms with Crippen LogP contribution in [0.2, 0.25) is 5.02 Å². The molecular formula is C13H15ClN2O. The molecule has 0 amide bonds. The summed E-state index contributed by atoms with van der Waals surface area (Å²) in [6, 6.07) is 5.86. The summed E-state index contributed by atoms with van der Waals surface area (Å²) in [5.41, 5.74) is 7.37. The number of rotatable bonds is 4. The van der Waals surface area contributed by atoms with E-state index in [-0.39, 0.29) is 0 Å². The Bertz CT molecular complexity index is 508. The number of nitrogens with two attached hydrogens (primary N) is 1. The first-order chi connectivity index (χ1) is 8.22. The number of aryl methyl sites for hydroxylation is 2. The van der Waals surface area contributed by atoms with E-state index in [1.165, 1.54) is 0 Å². The van der Waals surface area contributed by atoms with Gasteiger partial charge in [0.2, 0.25) is 0 Å². The highest BCUT2D eigenvalue weighted by molar-refractivity contribution is 6.33. The zero-order chi connectivity index (χ0) is 12.3. The van der Waals surface area contributed by atoms with Crippen LogP contribution in [0.5, 0.6) is 0 Å². The first kappa shape index (κ1) is 12.1. The minimum Gasteiger partial charge on any atom is -0.441 e. The molecule has 3 nitrogen and oxygen atoms in total. The molecule has 2 rings (SSSR count). The summed E-state index contributed by atoms with van der Waals surface area (Å²) in [5, 5.41) is 0.717. The SMILES string of the molecule is Cc1cccc(-c2cnc(CCCN)o2)c1Cl. The number of hydrogen-bond donors (Lipinski definition) is 1. The molecule has 0 unspecified atom stereocenters. The molecule has 0 radical (unpaired) electrons. The Hall–Kier alpha value is -1.32. The second kappa shape index (κ2) is 5.34. The van der Waals surface area contributed by atoms with E-state index in [9.17, 15) is 0 Å². The molecule has 1 heterocycles. The highest BCUT2D eigenvalue weighted by Crippen LogP contribution is 2.30. The van der Waals surface area contributed by atoms with Gasteiger partial charge in [-0.05, 0) is 31.5 Å². The van der Waals surface area contributed by atoms with Gasteiger partial charge in [0.1, 0.15) is 0 Å². The van der Waals surface area contributed by atoms with E-state index in [0.29, 0.717) is 23.2 Å². The van der Waals surface area contributed by atoms with Crippen molar-refractivity contribution in [1.82, 2.24) is 4.98 Å². The minimum absolute atomic E-state index is 0.642. The average molecular weight is 251 g/mol. The van der Waals surface area contributed by atoms with Gasteiger partial charge in [-0.2, -0.15) is 0 Å². The Kier molecular flexibility index (Phi) is 3.82. The molecule has 1 aromatic carbocycles. The summed E-state index contributed by atoms with van der Waals surface area (Å²) < 4.78 is 5.66. The van der Waals surface area contributed by atoms with Crippen molar-refractivity contribution in [2.45, 2.75) is 19.8 Å². The lowest BCUT2D eigenvalue weighted by Crippen LogP contribution is -2.00. The Labute approximate surface area is 106 Å². The molecule has 0 aliphatic rings. The number of halogens is 1. The molecule has 1 aromatic heterocycles. The maximum Gasteiger partial charge on any atom is 0.194 e. The lowest BCUT2D eigenvalue weighted by atomic mass is 10.1. The molecule has 2 aromatic rings. The van der Waals surface area contributed by atoms with Gasteiger partial charge in [0.05, 0.1) is 11.2 Å². The van der Waals surface area contributed by atoms with E-state index in [1.54, 1.807) is 6.20 Å². The molecule has 2 N–H and O–H groups in total. The molecular weight excluding hydrogens is 236 g/mol. The van der Waals surface area contributed by atoms with E-state index < -0.39 is 0 Å². The van der Waals surface area contributed by atoms with Gasteiger partial charge in [0, 0.05) is 12.0 Å². The van der Waals surface area contributed by atoms with E-state index in [1.807, 2.05) is 25.1 Å². The van der Waals surface area contributed by atoms with E-state index >= 15 is 0 Å². The smallest absolute Gasteiger partial charge is 0.194 e. The summed E-state index contributed by atoms with van der Waals surface area (Å²) in [6.45, 7) is 2.61.